The van der Waals surface area contributed by atoms with Gasteiger partial charge in [-0.1, -0.05) is 316 Å². The van der Waals surface area contributed by atoms with Crippen LogP contribution in [0.1, 0.15) is 390 Å². The van der Waals surface area contributed by atoms with Crippen molar-refractivity contribution in [3.63, 3.8) is 0 Å². The maximum Gasteiger partial charge on any atom is 0.0441 e. The van der Waals surface area contributed by atoms with Crippen molar-refractivity contribution in [3.05, 3.63) is 92.7 Å². The zero-order chi connectivity index (χ0) is 66.6. The molecule has 0 amide bonds. The molecule has 8 bridgehead atoms. The molecule has 0 radical (unpaired) electrons. The SMILES string of the molecule is CCCC(C)CCCCC(CCC(C)CCC)C1=c2ccc([nH]2)=C(C(CCCCC(C)CCC)CCC(C)CCC)c2ccc([nH]2)C(C(CCCCC(C)CCC)CCC(C)CCC)=c2ccc([nH]2)=C(C(CCCCC(C)CCC)CCC(C)CCC)c2ccc1[nH]2. The van der Waals surface area contributed by atoms with E-state index in [0.717, 1.165) is 47.3 Å². The van der Waals surface area contributed by atoms with E-state index in [9.17, 15) is 0 Å². The summed E-state index contributed by atoms with van der Waals surface area (Å²) >= 11 is 0. The molecule has 0 aromatic carbocycles. The Balaban J connectivity index is 1.95. The summed E-state index contributed by atoms with van der Waals surface area (Å²) in [5.74, 6) is 7.88. The number of fused-ring (bicyclic) bond motifs is 8. The zero-order valence-electron chi connectivity index (χ0n) is 63.8. The highest BCUT2D eigenvalue weighted by atomic mass is 14.8. The fourth-order valence-corrected chi connectivity index (χ4v) is 17.5. The monoisotopic (exact) mass is 1270 g/mol. The van der Waals surface area contributed by atoms with Gasteiger partial charge in [-0.3, -0.25) is 0 Å². The number of H-pyrrole nitrogens is 4. The van der Waals surface area contributed by atoms with Gasteiger partial charge in [-0.2, -0.15) is 0 Å². The standard InChI is InChI=1S/C88H152N4/c1-17-33-65(9)41-25-29-45-73(53-49-69(13)37-21-5)85-77-57-59-79(89-77)86(74(54-50-70(14)38-22-6)46-30-26-42-66(10)34-18-2)81-61-63-83(91-81)88(76(56-52-72(16)40-24-8)48-32-28-44-68(12)36-20-4)84-64-62-82(92-84)87(80-60-58-78(85)90-80)75(55-51-71(15)39-23-7)47-31-27-43-67(11)35-19-3/h57-76,89-92H,17-56H2,1-16H3. The van der Waals surface area contributed by atoms with Gasteiger partial charge >= 0.3 is 0 Å². The van der Waals surface area contributed by atoms with E-state index in [1.165, 1.54) is 323 Å². The number of hydrogen-bond acceptors (Lipinski definition) is 0. The van der Waals surface area contributed by atoms with Gasteiger partial charge in [-0.25, -0.2) is 0 Å². The van der Waals surface area contributed by atoms with Gasteiger partial charge in [0.05, 0.1) is 0 Å². The largest absolute Gasteiger partial charge is 0.355 e. The summed E-state index contributed by atoms with van der Waals surface area (Å²) in [7, 11) is 0. The van der Waals surface area contributed by atoms with E-state index >= 15 is 0 Å². The van der Waals surface area contributed by atoms with E-state index in [4.69, 9.17) is 0 Å². The molecule has 12 unspecified atom stereocenters. The number of nitrogens with one attached hydrogen (secondary N) is 4. The lowest BCUT2D eigenvalue weighted by Gasteiger charge is -2.24. The maximum absolute atomic E-state index is 4.46. The summed E-state index contributed by atoms with van der Waals surface area (Å²) in [5.41, 5.74) is 11.5. The Labute approximate surface area is 570 Å². The highest BCUT2D eigenvalue weighted by molar-refractivity contribution is 5.73. The summed E-state index contributed by atoms with van der Waals surface area (Å²) in [6.07, 6.45) is 51.6. The smallest absolute Gasteiger partial charge is 0.0441 e. The molecule has 1 aliphatic heterocycles. The van der Waals surface area contributed by atoms with Crippen LogP contribution in [0, 0.1) is 71.0 Å². The second-order valence-electron chi connectivity index (χ2n) is 32.2. The van der Waals surface area contributed by atoms with Crippen molar-refractivity contribution in [2.75, 3.05) is 0 Å². The van der Waals surface area contributed by atoms with E-state index in [0.29, 0.717) is 23.7 Å². The maximum atomic E-state index is 4.46. The van der Waals surface area contributed by atoms with Gasteiger partial charge in [-0.05, 0) is 171 Å². The molecular weight excluding hydrogens is 1110 g/mol. The molecule has 4 nitrogen and oxygen atoms in total. The molecule has 1 aliphatic rings. The van der Waals surface area contributed by atoms with Gasteiger partial charge in [0.25, 0.3) is 0 Å². The van der Waals surface area contributed by atoms with Crippen LogP contribution in [0.5, 0.6) is 0 Å². The summed E-state index contributed by atoms with van der Waals surface area (Å²) in [6.45, 7) is 39.2. The Hall–Kier alpha value is -3.40. The van der Waals surface area contributed by atoms with E-state index in [1.807, 2.05) is 0 Å². The molecular formula is C88H152N4. The first-order valence-electron chi connectivity index (χ1n) is 40.9. The fraction of sp³-hybridized carbons (Fsp3) is 0.773. The second-order valence-corrected chi connectivity index (χ2v) is 32.2. The minimum absolute atomic E-state index is 0.448. The minimum atomic E-state index is 0.448. The molecule has 4 heteroatoms. The molecule has 5 heterocycles. The third kappa shape index (κ3) is 27.2. The molecule has 12 atom stereocenters. The van der Waals surface area contributed by atoms with Crippen LogP contribution in [-0.4, -0.2) is 19.9 Å². The van der Waals surface area contributed by atoms with E-state index in [2.05, 4.69) is 179 Å². The lowest BCUT2D eigenvalue weighted by molar-refractivity contribution is 0.400. The normalized spacial score (nSPS) is 17.0. The summed E-state index contributed by atoms with van der Waals surface area (Å²) in [5, 5.41) is 5.39. The predicted octanol–water partition coefficient (Wildman–Crippen LogP) is 25.4. The number of aromatic amines is 4. The molecule has 0 saturated heterocycles. The van der Waals surface area contributed by atoms with Crippen molar-refractivity contribution in [2.24, 2.45) is 71.0 Å². The quantitative estimate of drug-likeness (QED) is 0.0319. The van der Waals surface area contributed by atoms with E-state index < -0.39 is 0 Å². The Kier molecular flexibility index (Phi) is 38.9. The van der Waals surface area contributed by atoms with Gasteiger partial charge in [0, 0.05) is 66.5 Å². The van der Waals surface area contributed by atoms with Crippen molar-refractivity contribution in [3.8, 4) is 0 Å². The summed E-state index contributed by atoms with van der Waals surface area (Å²) < 4.78 is 0. The molecule has 4 aromatic heterocycles. The minimum Gasteiger partial charge on any atom is -0.355 e. The summed E-state index contributed by atoms with van der Waals surface area (Å²) in [6, 6.07) is 20.5. The molecule has 4 N–H and O–H groups in total. The zero-order valence-corrected chi connectivity index (χ0v) is 63.8. The third-order valence-electron chi connectivity index (χ3n) is 23.0. The second kappa shape index (κ2) is 45.2. The van der Waals surface area contributed by atoms with E-state index in [1.54, 1.807) is 0 Å². The third-order valence-corrected chi connectivity index (χ3v) is 23.0. The number of aromatic nitrogens is 4. The highest BCUT2D eigenvalue weighted by Gasteiger charge is 2.28. The van der Waals surface area contributed by atoms with Crippen molar-refractivity contribution < 1.29 is 0 Å². The van der Waals surface area contributed by atoms with Crippen molar-refractivity contribution in [1.82, 2.24) is 19.9 Å². The Bertz CT molecular complexity index is 2400. The number of rotatable bonds is 52. The lowest BCUT2D eigenvalue weighted by atomic mass is 9.83. The molecule has 0 aliphatic carbocycles. The first-order chi connectivity index (χ1) is 44.6. The van der Waals surface area contributed by atoms with Gasteiger partial charge in [0.1, 0.15) is 0 Å². The average Bonchev–Trinajstić information content (AvgIpc) is 1.64. The molecule has 0 spiro atoms. The Morgan fingerprint density at radius 1 is 0.196 bits per heavy atom. The van der Waals surface area contributed by atoms with Crippen molar-refractivity contribution in [2.45, 2.75) is 368 Å². The van der Waals surface area contributed by atoms with Crippen LogP contribution in [0.25, 0.3) is 22.3 Å². The fourth-order valence-electron chi connectivity index (χ4n) is 17.5. The van der Waals surface area contributed by atoms with Gasteiger partial charge in [-0.15, -0.1) is 0 Å². The number of hydrogen-bond donors (Lipinski definition) is 4. The topological polar surface area (TPSA) is 63.2 Å². The van der Waals surface area contributed by atoms with Gasteiger partial charge < -0.3 is 19.9 Å². The highest BCUT2D eigenvalue weighted by Crippen LogP contribution is 2.39. The first kappa shape index (κ1) is 79.3. The van der Waals surface area contributed by atoms with Crippen molar-refractivity contribution >= 4 is 22.3 Å². The summed E-state index contributed by atoms with van der Waals surface area (Å²) in [4.78, 5) is 17.8. The molecule has 524 valence electrons. The molecule has 92 heavy (non-hydrogen) atoms. The van der Waals surface area contributed by atoms with Crippen molar-refractivity contribution in [1.29, 1.82) is 0 Å². The number of unbranched alkanes of at least 4 members (excludes halogenated alkanes) is 4. The molecule has 0 fully saturated rings. The van der Waals surface area contributed by atoms with Crippen LogP contribution in [0.3, 0.4) is 0 Å². The van der Waals surface area contributed by atoms with Gasteiger partial charge in [0.15, 0.2) is 0 Å². The van der Waals surface area contributed by atoms with Crippen LogP contribution in [0.2, 0.25) is 0 Å². The van der Waals surface area contributed by atoms with Crippen LogP contribution < -0.4 is 21.4 Å². The average molecular weight is 1270 g/mol. The van der Waals surface area contributed by atoms with Crippen LogP contribution in [0.4, 0.5) is 0 Å². The molecule has 4 aromatic rings. The molecule has 5 rings (SSSR count). The Morgan fingerprint density at radius 3 is 0.554 bits per heavy atom. The van der Waals surface area contributed by atoms with Crippen LogP contribution in [-0.2, 0) is 0 Å². The first-order valence-corrected chi connectivity index (χ1v) is 40.9. The Morgan fingerprint density at radius 2 is 0.370 bits per heavy atom. The van der Waals surface area contributed by atoms with Gasteiger partial charge in [0.2, 0.25) is 0 Å². The van der Waals surface area contributed by atoms with E-state index in [-0.39, 0.29) is 0 Å². The predicted molar refractivity (Wildman–Crippen MR) is 409 cm³/mol. The van der Waals surface area contributed by atoms with Crippen LogP contribution in [0.15, 0.2) is 48.5 Å². The lowest BCUT2D eigenvalue weighted by Crippen LogP contribution is -2.24. The molecule has 0 saturated carbocycles. The van der Waals surface area contributed by atoms with Crippen LogP contribution >= 0.6 is 0 Å².